The van der Waals surface area contributed by atoms with Crippen molar-refractivity contribution < 1.29 is 4.79 Å². The molecule has 3 N–H and O–H groups in total. The Morgan fingerprint density at radius 2 is 2.30 bits per heavy atom. The largest absolute Gasteiger partial charge is 0.369 e. The number of likely N-dealkylation sites (tertiary alicyclic amines) is 1. The molecule has 0 bridgehead atoms. The van der Waals surface area contributed by atoms with Crippen LogP contribution in [0.15, 0.2) is 24.4 Å². The van der Waals surface area contributed by atoms with E-state index < -0.39 is 0 Å². The summed E-state index contributed by atoms with van der Waals surface area (Å²) >= 11 is 0. The maximum Gasteiger partial charge on any atom is 0.221 e. The fraction of sp³-hybridized carbons (Fsp3) is 0.438. The van der Waals surface area contributed by atoms with Crippen molar-refractivity contribution in [2.24, 2.45) is 11.7 Å². The van der Waals surface area contributed by atoms with Crippen LogP contribution in [-0.4, -0.2) is 35.4 Å². The normalized spacial score (nSPS) is 29.4. The third kappa shape index (κ3) is 1.54. The van der Waals surface area contributed by atoms with Gasteiger partial charge in [-0.15, -0.1) is 0 Å². The summed E-state index contributed by atoms with van der Waals surface area (Å²) in [5.41, 5.74) is 9.55. The number of primary amides is 1. The Morgan fingerprint density at radius 1 is 1.45 bits per heavy atom. The van der Waals surface area contributed by atoms with Crippen molar-refractivity contribution in [3.63, 3.8) is 0 Å². The first kappa shape index (κ1) is 12.0. The summed E-state index contributed by atoms with van der Waals surface area (Å²) in [6, 6.07) is 6.93. The quantitative estimate of drug-likeness (QED) is 0.826. The van der Waals surface area contributed by atoms with Crippen molar-refractivity contribution in [1.82, 2.24) is 9.88 Å². The molecule has 2 aliphatic rings. The second-order valence-corrected chi connectivity index (χ2v) is 6.24. The summed E-state index contributed by atoms with van der Waals surface area (Å²) in [5, 5.41) is 1.37. The Hall–Kier alpha value is -1.81. The summed E-state index contributed by atoms with van der Waals surface area (Å²) in [6.07, 6.45) is 4.08. The number of aromatic nitrogens is 1. The van der Waals surface area contributed by atoms with Gasteiger partial charge in [-0.1, -0.05) is 12.1 Å². The Balaban J connectivity index is 1.85. The van der Waals surface area contributed by atoms with Crippen LogP contribution >= 0.6 is 0 Å². The lowest BCUT2D eigenvalue weighted by atomic mass is 9.72. The molecule has 0 saturated carbocycles. The minimum atomic E-state index is -0.164. The number of nitrogens with two attached hydrogens (primary N) is 1. The fourth-order valence-electron chi connectivity index (χ4n) is 4.15. The smallest absolute Gasteiger partial charge is 0.221 e. The van der Waals surface area contributed by atoms with E-state index in [0.717, 1.165) is 19.4 Å². The molecule has 1 saturated heterocycles. The molecule has 2 heterocycles. The zero-order valence-electron chi connectivity index (χ0n) is 11.6. The number of rotatable bonds is 1. The number of carbonyl (C=O) groups is 1. The second kappa shape index (κ2) is 4.09. The van der Waals surface area contributed by atoms with Gasteiger partial charge < -0.3 is 15.6 Å². The van der Waals surface area contributed by atoms with Gasteiger partial charge in [0.15, 0.2) is 0 Å². The molecule has 4 nitrogen and oxygen atoms in total. The molecule has 1 aromatic heterocycles. The molecule has 1 aromatic carbocycles. The van der Waals surface area contributed by atoms with Crippen LogP contribution in [0.3, 0.4) is 0 Å². The SMILES string of the molecule is CN1C[C@@H](C(N)=O)C[C@@H]2c3cccc4[nH]cc(c34)C[C@H]21. The maximum atomic E-state index is 11.6. The predicted molar refractivity (Wildman–Crippen MR) is 78.5 cm³/mol. The van der Waals surface area contributed by atoms with Crippen LogP contribution in [0.5, 0.6) is 0 Å². The lowest BCUT2D eigenvalue weighted by Crippen LogP contribution is -2.50. The highest BCUT2D eigenvalue weighted by molar-refractivity contribution is 5.88. The van der Waals surface area contributed by atoms with Crippen molar-refractivity contribution in [1.29, 1.82) is 0 Å². The number of amides is 1. The zero-order valence-corrected chi connectivity index (χ0v) is 11.6. The molecule has 4 heteroatoms. The van der Waals surface area contributed by atoms with Gasteiger partial charge in [-0.2, -0.15) is 0 Å². The van der Waals surface area contributed by atoms with Crippen LogP contribution in [-0.2, 0) is 11.2 Å². The van der Waals surface area contributed by atoms with E-state index in [-0.39, 0.29) is 11.8 Å². The van der Waals surface area contributed by atoms with Gasteiger partial charge in [-0.05, 0) is 37.1 Å². The molecule has 0 unspecified atom stereocenters. The molecule has 1 fully saturated rings. The monoisotopic (exact) mass is 269 g/mol. The van der Waals surface area contributed by atoms with Crippen LogP contribution in [0.25, 0.3) is 10.9 Å². The van der Waals surface area contributed by atoms with Crippen molar-refractivity contribution in [3.05, 3.63) is 35.5 Å². The Bertz CT molecular complexity index is 690. The van der Waals surface area contributed by atoms with Crippen molar-refractivity contribution >= 4 is 16.8 Å². The number of hydrogen-bond acceptors (Lipinski definition) is 2. The van der Waals surface area contributed by atoms with Crippen molar-refractivity contribution in [3.8, 4) is 0 Å². The van der Waals surface area contributed by atoms with E-state index in [1.165, 1.54) is 22.0 Å². The number of H-pyrrole nitrogens is 1. The third-order valence-electron chi connectivity index (χ3n) is 5.13. The summed E-state index contributed by atoms with van der Waals surface area (Å²) in [7, 11) is 2.12. The molecule has 3 atom stereocenters. The third-order valence-corrected chi connectivity index (χ3v) is 5.13. The Kier molecular flexibility index (Phi) is 2.45. The summed E-state index contributed by atoms with van der Waals surface area (Å²) in [4.78, 5) is 17.3. The first-order valence-electron chi connectivity index (χ1n) is 7.23. The van der Waals surface area contributed by atoms with Gasteiger partial charge in [-0.3, -0.25) is 4.79 Å². The number of fused-ring (bicyclic) bond motifs is 2. The van der Waals surface area contributed by atoms with Crippen LogP contribution in [0.2, 0.25) is 0 Å². The van der Waals surface area contributed by atoms with Gasteiger partial charge in [-0.25, -0.2) is 0 Å². The van der Waals surface area contributed by atoms with E-state index in [1.807, 2.05) is 0 Å². The minimum absolute atomic E-state index is 0.0306. The second-order valence-electron chi connectivity index (χ2n) is 6.24. The van der Waals surface area contributed by atoms with E-state index in [1.54, 1.807) is 0 Å². The predicted octanol–water partition coefficient (Wildman–Crippen LogP) is 1.61. The van der Waals surface area contributed by atoms with Gasteiger partial charge in [0, 0.05) is 35.6 Å². The van der Waals surface area contributed by atoms with Crippen LogP contribution in [0.1, 0.15) is 23.5 Å². The first-order chi connectivity index (χ1) is 9.65. The number of nitrogens with one attached hydrogen (secondary N) is 1. The highest BCUT2D eigenvalue weighted by Crippen LogP contribution is 2.44. The molecule has 0 spiro atoms. The number of benzene rings is 1. The van der Waals surface area contributed by atoms with E-state index >= 15 is 0 Å². The van der Waals surface area contributed by atoms with E-state index in [2.05, 4.69) is 41.3 Å². The van der Waals surface area contributed by atoms with Crippen LogP contribution in [0, 0.1) is 5.92 Å². The molecule has 1 amide bonds. The number of hydrogen-bond donors (Lipinski definition) is 2. The van der Waals surface area contributed by atoms with Crippen LogP contribution < -0.4 is 5.73 Å². The highest BCUT2D eigenvalue weighted by atomic mass is 16.1. The first-order valence-corrected chi connectivity index (χ1v) is 7.23. The Morgan fingerprint density at radius 3 is 3.10 bits per heavy atom. The average Bonchev–Trinajstić information content (AvgIpc) is 2.84. The van der Waals surface area contributed by atoms with E-state index in [0.29, 0.717) is 12.0 Å². The van der Waals surface area contributed by atoms with Crippen molar-refractivity contribution in [2.45, 2.75) is 24.8 Å². The number of likely N-dealkylation sites (N-methyl/N-ethyl adjacent to an activating group) is 1. The van der Waals surface area contributed by atoms with Gasteiger partial charge in [0.2, 0.25) is 5.91 Å². The molecule has 2 aromatic rings. The van der Waals surface area contributed by atoms with Crippen LogP contribution in [0.4, 0.5) is 0 Å². The van der Waals surface area contributed by atoms with Gasteiger partial charge in [0.05, 0.1) is 5.92 Å². The molecule has 1 aliphatic heterocycles. The molecular formula is C16H19N3O. The fourth-order valence-corrected chi connectivity index (χ4v) is 4.15. The molecule has 0 radical (unpaired) electrons. The standard InChI is InChI=1S/C16H19N3O/c1-19-8-10(16(17)20)5-12-11-3-2-4-13-15(11)9(7-18-13)6-14(12)19/h2-4,7,10,12,14,18H,5-6,8H2,1H3,(H2,17,20)/t10-,12+,14+/m0/s1. The van der Waals surface area contributed by atoms with E-state index in [4.69, 9.17) is 5.73 Å². The zero-order chi connectivity index (χ0) is 13.9. The number of carbonyl (C=O) groups excluding carboxylic acids is 1. The Labute approximate surface area is 117 Å². The molecule has 1 aliphatic carbocycles. The highest BCUT2D eigenvalue weighted by Gasteiger charge is 2.40. The molecule has 104 valence electrons. The summed E-state index contributed by atoms with van der Waals surface area (Å²) in [5.74, 6) is 0.220. The molecule has 4 rings (SSSR count). The number of nitrogens with zero attached hydrogens (tertiary/aromatic N) is 1. The molecule has 20 heavy (non-hydrogen) atoms. The lowest BCUT2D eigenvalue weighted by molar-refractivity contribution is -0.124. The van der Waals surface area contributed by atoms with Gasteiger partial charge in [0.25, 0.3) is 0 Å². The average molecular weight is 269 g/mol. The minimum Gasteiger partial charge on any atom is -0.369 e. The van der Waals surface area contributed by atoms with Gasteiger partial charge in [0.1, 0.15) is 0 Å². The van der Waals surface area contributed by atoms with E-state index in [9.17, 15) is 4.79 Å². The maximum absolute atomic E-state index is 11.6. The molecular weight excluding hydrogens is 250 g/mol. The summed E-state index contributed by atoms with van der Waals surface area (Å²) in [6.45, 7) is 0.784. The summed E-state index contributed by atoms with van der Waals surface area (Å²) < 4.78 is 0. The number of piperidine rings is 1. The lowest BCUT2D eigenvalue weighted by Gasteiger charge is -2.44. The topological polar surface area (TPSA) is 62.1 Å². The van der Waals surface area contributed by atoms with Crippen molar-refractivity contribution in [2.75, 3.05) is 13.6 Å². The number of aromatic amines is 1. The van der Waals surface area contributed by atoms with Gasteiger partial charge >= 0.3 is 0 Å².